The molecule has 0 aliphatic carbocycles. The number of methoxy groups -OCH3 is 2. The molecule has 1 fully saturated rings. The quantitative estimate of drug-likeness (QED) is 0.815. The molecule has 0 bridgehead atoms. The van der Waals surface area contributed by atoms with E-state index in [2.05, 4.69) is 15.2 Å². The molecular weight excluding hydrogens is 360 g/mol. The molecule has 148 valence electrons. The molecule has 0 radical (unpaired) electrons. The van der Waals surface area contributed by atoms with Crippen molar-refractivity contribution in [3.05, 3.63) is 48.2 Å². The number of nitrogens with zero attached hydrogens (tertiary/aromatic N) is 3. The molecule has 0 atom stereocenters. The summed E-state index contributed by atoms with van der Waals surface area (Å²) in [6.07, 6.45) is 1.62. The van der Waals surface area contributed by atoms with E-state index in [0.717, 1.165) is 5.82 Å². The second-order valence-electron chi connectivity index (χ2n) is 6.37. The maximum absolute atomic E-state index is 12.8. The number of ether oxygens (including phenoxy) is 2. The van der Waals surface area contributed by atoms with E-state index in [0.29, 0.717) is 43.2 Å². The number of aromatic nitrogens is 1. The summed E-state index contributed by atoms with van der Waals surface area (Å²) in [5, 5.41) is 2.71. The standard InChI is InChI=1S/C20H24N4O4/c1-27-14-19(25)22-15-7-8-18(21-13-15)23-9-11-24(12-10-23)20(26)16-5-3-4-6-17(16)28-2/h3-8,13H,9-12,14H2,1-2H3,(H,22,25). The van der Waals surface area contributed by atoms with Crippen LogP contribution in [0.3, 0.4) is 0 Å². The van der Waals surface area contributed by atoms with Gasteiger partial charge in [-0.25, -0.2) is 4.98 Å². The normalized spacial score (nSPS) is 13.9. The van der Waals surface area contributed by atoms with Crippen LogP contribution in [0.25, 0.3) is 0 Å². The lowest BCUT2D eigenvalue weighted by Gasteiger charge is -2.35. The minimum absolute atomic E-state index is 0.00391. The van der Waals surface area contributed by atoms with Crippen molar-refractivity contribution in [2.75, 3.05) is 57.2 Å². The summed E-state index contributed by atoms with van der Waals surface area (Å²) in [7, 11) is 3.04. The van der Waals surface area contributed by atoms with Crippen molar-refractivity contribution in [2.24, 2.45) is 0 Å². The molecule has 2 aromatic rings. The van der Waals surface area contributed by atoms with Gasteiger partial charge >= 0.3 is 0 Å². The maximum Gasteiger partial charge on any atom is 0.257 e. The van der Waals surface area contributed by atoms with Gasteiger partial charge in [-0.3, -0.25) is 9.59 Å². The van der Waals surface area contributed by atoms with Crippen LogP contribution in [-0.4, -0.2) is 68.7 Å². The second-order valence-corrected chi connectivity index (χ2v) is 6.37. The molecular formula is C20H24N4O4. The molecule has 1 aliphatic heterocycles. The minimum atomic E-state index is -0.222. The number of anilines is 2. The zero-order chi connectivity index (χ0) is 19.9. The van der Waals surface area contributed by atoms with Gasteiger partial charge in [0.2, 0.25) is 5.91 Å². The van der Waals surface area contributed by atoms with E-state index in [1.54, 1.807) is 25.4 Å². The van der Waals surface area contributed by atoms with E-state index < -0.39 is 0 Å². The molecule has 0 unspecified atom stereocenters. The second kappa shape index (κ2) is 9.18. The lowest BCUT2D eigenvalue weighted by molar-refractivity contribution is -0.119. The number of amides is 2. The summed E-state index contributed by atoms with van der Waals surface area (Å²) in [5.41, 5.74) is 1.20. The summed E-state index contributed by atoms with van der Waals surface area (Å²) in [6, 6.07) is 10.9. The van der Waals surface area contributed by atoms with Gasteiger partial charge < -0.3 is 24.6 Å². The molecule has 3 rings (SSSR count). The number of hydrogen-bond acceptors (Lipinski definition) is 6. The van der Waals surface area contributed by atoms with Gasteiger partial charge in [0.15, 0.2) is 0 Å². The Morgan fingerprint density at radius 3 is 2.46 bits per heavy atom. The highest BCUT2D eigenvalue weighted by molar-refractivity contribution is 5.97. The highest BCUT2D eigenvalue weighted by Crippen LogP contribution is 2.21. The average molecular weight is 384 g/mol. The highest BCUT2D eigenvalue weighted by Gasteiger charge is 2.24. The van der Waals surface area contributed by atoms with Crippen LogP contribution in [-0.2, 0) is 9.53 Å². The third kappa shape index (κ3) is 4.58. The van der Waals surface area contributed by atoms with Crippen molar-refractivity contribution in [3.63, 3.8) is 0 Å². The van der Waals surface area contributed by atoms with Gasteiger partial charge in [0.1, 0.15) is 18.2 Å². The first-order chi connectivity index (χ1) is 13.6. The van der Waals surface area contributed by atoms with E-state index in [4.69, 9.17) is 9.47 Å². The molecule has 1 saturated heterocycles. The Morgan fingerprint density at radius 1 is 1.07 bits per heavy atom. The van der Waals surface area contributed by atoms with Gasteiger partial charge in [0.05, 0.1) is 24.6 Å². The van der Waals surface area contributed by atoms with Gasteiger partial charge in [0, 0.05) is 33.3 Å². The van der Waals surface area contributed by atoms with E-state index >= 15 is 0 Å². The van der Waals surface area contributed by atoms with Gasteiger partial charge in [-0.1, -0.05) is 12.1 Å². The number of carbonyl (C=O) groups is 2. The zero-order valence-corrected chi connectivity index (χ0v) is 16.1. The smallest absolute Gasteiger partial charge is 0.257 e. The number of benzene rings is 1. The molecule has 8 nitrogen and oxygen atoms in total. The summed E-state index contributed by atoms with van der Waals surface area (Å²) >= 11 is 0. The van der Waals surface area contributed by atoms with Crippen LogP contribution in [0.2, 0.25) is 0 Å². The van der Waals surface area contributed by atoms with Gasteiger partial charge in [0.25, 0.3) is 5.91 Å². The third-order valence-corrected chi connectivity index (χ3v) is 4.54. The average Bonchev–Trinajstić information content (AvgIpc) is 2.74. The fourth-order valence-electron chi connectivity index (χ4n) is 3.11. The number of pyridine rings is 1. The SMILES string of the molecule is COCC(=O)Nc1ccc(N2CCN(C(=O)c3ccccc3OC)CC2)nc1. The molecule has 8 heteroatoms. The number of rotatable bonds is 6. The molecule has 1 aromatic heterocycles. The van der Waals surface area contributed by atoms with Crippen molar-refractivity contribution in [3.8, 4) is 5.75 Å². The van der Waals surface area contributed by atoms with E-state index in [-0.39, 0.29) is 18.4 Å². The molecule has 2 amide bonds. The number of piperazine rings is 1. The number of nitrogens with one attached hydrogen (secondary N) is 1. The largest absolute Gasteiger partial charge is 0.496 e. The maximum atomic E-state index is 12.8. The first-order valence-electron chi connectivity index (χ1n) is 9.04. The van der Waals surface area contributed by atoms with Crippen LogP contribution in [0.4, 0.5) is 11.5 Å². The van der Waals surface area contributed by atoms with Crippen LogP contribution in [0.15, 0.2) is 42.6 Å². The Kier molecular flexibility index (Phi) is 6.44. The van der Waals surface area contributed by atoms with E-state index in [9.17, 15) is 9.59 Å². The fourth-order valence-corrected chi connectivity index (χ4v) is 3.11. The van der Waals surface area contributed by atoms with Crippen molar-refractivity contribution in [1.29, 1.82) is 0 Å². The van der Waals surface area contributed by atoms with Crippen LogP contribution in [0.1, 0.15) is 10.4 Å². The monoisotopic (exact) mass is 384 g/mol. The van der Waals surface area contributed by atoms with Crippen LogP contribution in [0, 0.1) is 0 Å². The Labute approximate surface area is 164 Å². The Balaban J connectivity index is 1.58. The number of carbonyl (C=O) groups excluding carboxylic acids is 2. The van der Waals surface area contributed by atoms with Crippen molar-refractivity contribution in [2.45, 2.75) is 0 Å². The highest BCUT2D eigenvalue weighted by atomic mass is 16.5. The molecule has 1 N–H and O–H groups in total. The molecule has 28 heavy (non-hydrogen) atoms. The summed E-state index contributed by atoms with van der Waals surface area (Å²) in [5.74, 6) is 1.15. The van der Waals surface area contributed by atoms with Crippen LogP contribution >= 0.6 is 0 Å². The first kappa shape index (κ1) is 19.6. The first-order valence-corrected chi connectivity index (χ1v) is 9.04. The van der Waals surface area contributed by atoms with Gasteiger partial charge in [-0.15, -0.1) is 0 Å². The molecule has 0 spiro atoms. The molecule has 1 aliphatic rings. The van der Waals surface area contributed by atoms with Gasteiger partial charge in [-0.05, 0) is 24.3 Å². The Hall–Kier alpha value is -3.13. The summed E-state index contributed by atoms with van der Waals surface area (Å²) < 4.78 is 10.1. The number of hydrogen-bond donors (Lipinski definition) is 1. The fraction of sp³-hybridized carbons (Fsp3) is 0.350. The van der Waals surface area contributed by atoms with Crippen molar-refractivity contribution in [1.82, 2.24) is 9.88 Å². The third-order valence-electron chi connectivity index (χ3n) is 4.54. The Morgan fingerprint density at radius 2 is 1.82 bits per heavy atom. The van der Waals surface area contributed by atoms with E-state index in [1.807, 2.05) is 29.2 Å². The summed E-state index contributed by atoms with van der Waals surface area (Å²) in [4.78, 5) is 32.7. The Bertz CT molecular complexity index is 817. The van der Waals surface area contributed by atoms with Crippen LogP contribution < -0.4 is 15.0 Å². The van der Waals surface area contributed by atoms with Gasteiger partial charge in [-0.2, -0.15) is 0 Å². The zero-order valence-electron chi connectivity index (χ0n) is 16.1. The summed E-state index contributed by atoms with van der Waals surface area (Å²) in [6.45, 7) is 2.58. The van der Waals surface area contributed by atoms with Crippen LogP contribution in [0.5, 0.6) is 5.75 Å². The lowest BCUT2D eigenvalue weighted by Crippen LogP contribution is -2.49. The lowest BCUT2D eigenvalue weighted by atomic mass is 10.1. The number of para-hydroxylation sites is 1. The predicted molar refractivity (Wildman–Crippen MR) is 106 cm³/mol. The topological polar surface area (TPSA) is 84.0 Å². The minimum Gasteiger partial charge on any atom is -0.496 e. The van der Waals surface area contributed by atoms with E-state index in [1.165, 1.54) is 7.11 Å². The van der Waals surface area contributed by atoms with Crippen molar-refractivity contribution < 1.29 is 19.1 Å². The molecule has 2 heterocycles. The molecule has 1 aromatic carbocycles. The predicted octanol–water partition coefficient (Wildman–Crippen LogP) is 1.64. The van der Waals surface area contributed by atoms with Crippen molar-refractivity contribution >= 4 is 23.3 Å². The molecule has 0 saturated carbocycles.